The number of carboxylic acid groups (broad SMARTS) is 1. The predicted octanol–water partition coefficient (Wildman–Crippen LogP) is 2.15. The third-order valence-corrected chi connectivity index (χ3v) is 4.27. The minimum absolute atomic E-state index is 0.142. The number of imide groups is 1. The maximum absolute atomic E-state index is 12.4. The fraction of sp³-hybridized carbons (Fsp3) is 0.333. The average Bonchev–Trinajstić information content (AvgIpc) is 2.87. The number of benzene rings is 1. The number of carboxylic acids is 1. The van der Waals surface area contributed by atoms with E-state index in [4.69, 9.17) is 19.3 Å². The summed E-state index contributed by atoms with van der Waals surface area (Å²) in [6.45, 7) is 2.36. The van der Waals surface area contributed by atoms with Gasteiger partial charge in [-0.05, 0) is 49.4 Å². The van der Waals surface area contributed by atoms with E-state index in [1.54, 1.807) is 19.9 Å². The molecule has 2 rings (SSSR count). The van der Waals surface area contributed by atoms with Gasteiger partial charge >= 0.3 is 11.9 Å². The largest absolute Gasteiger partial charge is 0.493 e. The molecular formula is C18H19NO8S. The number of nitrogens with zero attached hydrogens (tertiary/aromatic N) is 1. The Balaban J connectivity index is 2.16. The van der Waals surface area contributed by atoms with Gasteiger partial charge in [-0.2, -0.15) is 0 Å². The van der Waals surface area contributed by atoms with Crippen LogP contribution in [0.4, 0.5) is 4.79 Å². The van der Waals surface area contributed by atoms with Gasteiger partial charge in [0.05, 0.1) is 18.1 Å². The first kappa shape index (κ1) is 21.3. The summed E-state index contributed by atoms with van der Waals surface area (Å²) in [4.78, 5) is 47.8. The Bertz CT molecular complexity index is 833. The molecule has 0 bridgehead atoms. The molecule has 0 aromatic heterocycles. The minimum Gasteiger partial charge on any atom is -0.493 e. The normalized spacial score (nSPS) is 15.3. The fourth-order valence-corrected chi connectivity index (χ4v) is 3.09. The van der Waals surface area contributed by atoms with Gasteiger partial charge in [0.1, 0.15) is 6.54 Å². The molecule has 150 valence electrons. The number of esters is 1. The standard InChI is InChI=1S/C18H19NO8S/c1-10(2)27-16(22)8-19-17(23)14(28-18(19)24)7-11-4-5-12(13(6-11)25-3)26-9-15(20)21/h4-7,10H,8-9H2,1-3H3,(H,20,21)/b14-7-. The van der Waals surface area contributed by atoms with Crippen molar-refractivity contribution < 1.29 is 38.5 Å². The summed E-state index contributed by atoms with van der Waals surface area (Å²) >= 11 is 0.710. The maximum Gasteiger partial charge on any atom is 0.341 e. The van der Waals surface area contributed by atoms with Gasteiger partial charge in [-0.3, -0.25) is 19.3 Å². The van der Waals surface area contributed by atoms with Crippen molar-refractivity contribution >= 4 is 40.9 Å². The lowest BCUT2D eigenvalue weighted by Gasteiger charge is -2.13. The molecule has 0 spiro atoms. The second-order valence-corrected chi connectivity index (χ2v) is 6.89. The monoisotopic (exact) mass is 409 g/mol. The van der Waals surface area contributed by atoms with Crippen LogP contribution in [0, 0.1) is 0 Å². The highest BCUT2D eigenvalue weighted by molar-refractivity contribution is 8.18. The van der Waals surface area contributed by atoms with Crippen LogP contribution in [0.3, 0.4) is 0 Å². The second-order valence-electron chi connectivity index (χ2n) is 5.90. The van der Waals surface area contributed by atoms with Crippen molar-refractivity contribution in [1.29, 1.82) is 0 Å². The van der Waals surface area contributed by atoms with Gasteiger partial charge < -0.3 is 19.3 Å². The molecule has 1 aliphatic heterocycles. The first-order chi connectivity index (χ1) is 13.2. The van der Waals surface area contributed by atoms with Crippen LogP contribution in [0.25, 0.3) is 6.08 Å². The minimum atomic E-state index is -1.13. The number of hydrogen-bond acceptors (Lipinski definition) is 8. The Kier molecular flexibility index (Phi) is 7.05. The number of carbonyl (C=O) groups is 4. The number of hydrogen-bond donors (Lipinski definition) is 1. The van der Waals surface area contributed by atoms with E-state index in [1.165, 1.54) is 25.3 Å². The summed E-state index contributed by atoms with van der Waals surface area (Å²) in [6, 6.07) is 4.62. The Morgan fingerprint density at radius 1 is 1.25 bits per heavy atom. The Labute approximate surface area is 165 Å². The summed E-state index contributed by atoms with van der Waals surface area (Å²) in [5.41, 5.74) is 0.537. The molecule has 1 saturated heterocycles. The smallest absolute Gasteiger partial charge is 0.341 e. The van der Waals surface area contributed by atoms with Crippen molar-refractivity contribution in [3.8, 4) is 11.5 Å². The molecule has 28 heavy (non-hydrogen) atoms. The molecule has 0 atom stereocenters. The van der Waals surface area contributed by atoms with E-state index in [0.717, 1.165) is 4.90 Å². The van der Waals surface area contributed by atoms with Crippen molar-refractivity contribution in [2.45, 2.75) is 20.0 Å². The van der Waals surface area contributed by atoms with E-state index in [9.17, 15) is 19.2 Å². The Morgan fingerprint density at radius 2 is 1.96 bits per heavy atom. The molecule has 1 aromatic carbocycles. The van der Waals surface area contributed by atoms with Gasteiger partial charge in [-0.15, -0.1) is 0 Å². The van der Waals surface area contributed by atoms with E-state index in [-0.39, 0.29) is 22.5 Å². The Hall–Kier alpha value is -3.01. The van der Waals surface area contributed by atoms with Crippen LogP contribution in [0.5, 0.6) is 11.5 Å². The molecule has 1 N–H and O–H groups in total. The number of thioether (sulfide) groups is 1. The number of methoxy groups -OCH3 is 1. The zero-order valence-corrected chi connectivity index (χ0v) is 16.3. The molecule has 10 heteroatoms. The maximum atomic E-state index is 12.4. The van der Waals surface area contributed by atoms with Crippen LogP contribution in [0.15, 0.2) is 23.1 Å². The number of aliphatic carboxylic acids is 1. The summed E-state index contributed by atoms with van der Waals surface area (Å²) < 4.78 is 15.2. The molecule has 0 unspecified atom stereocenters. The average molecular weight is 409 g/mol. The van der Waals surface area contributed by atoms with Gasteiger partial charge in [0.25, 0.3) is 11.1 Å². The van der Waals surface area contributed by atoms with E-state index in [0.29, 0.717) is 17.3 Å². The highest BCUT2D eigenvalue weighted by atomic mass is 32.2. The SMILES string of the molecule is COc1cc(/C=C2\SC(=O)N(CC(=O)OC(C)C)C2=O)ccc1OCC(=O)O. The van der Waals surface area contributed by atoms with E-state index in [2.05, 4.69) is 0 Å². The quantitative estimate of drug-likeness (QED) is 0.508. The molecular weight excluding hydrogens is 390 g/mol. The van der Waals surface area contributed by atoms with E-state index >= 15 is 0 Å². The number of amides is 2. The van der Waals surface area contributed by atoms with Crippen molar-refractivity contribution in [3.63, 3.8) is 0 Å². The number of rotatable bonds is 8. The van der Waals surface area contributed by atoms with E-state index in [1.807, 2.05) is 0 Å². The number of carbonyl (C=O) groups excluding carboxylic acids is 3. The molecule has 2 amide bonds. The third-order valence-electron chi connectivity index (χ3n) is 3.36. The lowest BCUT2D eigenvalue weighted by atomic mass is 10.2. The van der Waals surface area contributed by atoms with Gasteiger partial charge in [-0.25, -0.2) is 4.79 Å². The lowest BCUT2D eigenvalue weighted by molar-refractivity contribution is -0.149. The highest BCUT2D eigenvalue weighted by Gasteiger charge is 2.36. The topological polar surface area (TPSA) is 119 Å². The second kappa shape index (κ2) is 9.27. The van der Waals surface area contributed by atoms with Crippen molar-refractivity contribution in [2.24, 2.45) is 0 Å². The molecule has 1 heterocycles. The molecule has 1 aromatic rings. The van der Waals surface area contributed by atoms with Crippen molar-refractivity contribution in [1.82, 2.24) is 4.90 Å². The first-order valence-electron chi connectivity index (χ1n) is 8.18. The van der Waals surface area contributed by atoms with Gasteiger partial charge in [0, 0.05) is 0 Å². The summed E-state index contributed by atoms with van der Waals surface area (Å²) in [5.74, 6) is -1.89. The molecule has 1 aliphatic rings. The van der Waals surface area contributed by atoms with Crippen LogP contribution in [0.2, 0.25) is 0 Å². The van der Waals surface area contributed by atoms with Crippen LogP contribution >= 0.6 is 11.8 Å². The summed E-state index contributed by atoms with van der Waals surface area (Å²) in [7, 11) is 1.39. The summed E-state index contributed by atoms with van der Waals surface area (Å²) in [6.07, 6.45) is 1.12. The van der Waals surface area contributed by atoms with Crippen LogP contribution < -0.4 is 9.47 Å². The fourth-order valence-electron chi connectivity index (χ4n) is 2.25. The van der Waals surface area contributed by atoms with E-state index < -0.39 is 36.2 Å². The zero-order chi connectivity index (χ0) is 20.8. The first-order valence-corrected chi connectivity index (χ1v) is 9.00. The van der Waals surface area contributed by atoms with Gasteiger partial charge in [0.15, 0.2) is 18.1 Å². The van der Waals surface area contributed by atoms with Crippen molar-refractivity contribution in [2.75, 3.05) is 20.3 Å². The molecule has 9 nitrogen and oxygen atoms in total. The van der Waals surface area contributed by atoms with Crippen molar-refractivity contribution in [3.05, 3.63) is 28.7 Å². The van der Waals surface area contributed by atoms with Gasteiger partial charge in [0.2, 0.25) is 0 Å². The Morgan fingerprint density at radius 3 is 2.57 bits per heavy atom. The van der Waals surface area contributed by atoms with Crippen LogP contribution in [-0.2, 0) is 19.1 Å². The van der Waals surface area contributed by atoms with Crippen LogP contribution in [0.1, 0.15) is 19.4 Å². The highest BCUT2D eigenvalue weighted by Crippen LogP contribution is 2.34. The molecule has 0 saturated carbocycles. The lowest BCUT2D eigenvalue weighted by Crippen LogP contribution is -2.35. The molecule has 0 aliphatic carbocycles. The molecule has 1 fully saturated rings. The van der Waals surface area contributed by atoms with Gasteiger partial charge in [-0.1, -0.05) is 6.07 Å². The number of ether oxygens (including phenoxy) is 3. The molecule has 0 radical (unpaired) electrons. The third kappa shape index (κ3) is 5.49. The van der Waals surface area contributed by atoms with Crippen LogP contribution in [-0.4, -0.2) is 59.5 Å². The summed E-state index contributed by atoms with van der Waals surface area (Å²) in [5, 5.41) is 8.12. The predicted molar refractivity (Wildman–Crippen MR) is 100 cm³/mol. The zero-order valence-electron chi connectivity index (χ0n) is 15.5.